The smallest absolute Gasteiger partial charge is 0.185 e. The van der Waals surface area contributed by atoms with E-state index in [1.807, 2.05) is 30.3 Å². The predicted octanol–water partition coefficient (Wildman–Crippen LogP) is 2.12. The van der Waals surface area contributed by atoms with E-state index in [-0.39, 0.29) is 18.6 Å². The molecule has 0 saturated heterocycles. The fourth-order valence-corrected chi connectivity index (χ4v) is 5.37. The topological polar surface area (TPSA) is 77.8 Å². The number of hydrogen-bond donors (Lipinski definition) is 3. The molecule has 3 N–H and O–H groups in total. The molecule has 24 heavy (non-hydrogen) atoms. The molecule has 4 atom stereocenters. The van der Waals surface area contributed by atoms with Crippen molar-refractivity contribution in [3.05, 3.63) is 65.7 Å². The molecule has 4 rings (SSSR count). The first-order valence-electron chi connectivity index (χ1n) is 7.97. The van der Waals surface area contributed by atoms with Crippen LogP contribution in [-0.2, 0) is 5.60 Å². The number of carbonyl (C=O) groups excluding carboxylic acids is 1. The van der Waals surface area contributed by atoms with Crippen molar-refractivity contribution < 1.29 is 20.1 Å². The summed E-state index contributed by atoms with van der Waals surface area (Å²) in [7, 11) is 0. The maximum Gasteiger partial charge on any atom is 0.185 e. The minimum absolute atomic E-state index is 0.219. The van der Waals surface area contributed by atoms with Crippen LogP contribution in [0.4, 0.5) is 0 Å². The number of benzene rings is 2. The predicted molar refractivity (Wildman–Crippen MR) is 90.9 cm³/mol. The molecular weight excluding hydrogens is 324 g/mol. The van der Waals surface area contributed by atoms with Crippen LogP contribution in [0.25, 0.3) is 0 Å². The van der Waals surface area contributed by atoms with Gasteiger partial charge in [-0.3, -0.25) is 4.79 Å². The molecule has 2 bridgehead atoms. The third-order valence-corrected chi connectivity index (χ3v) is 6.70. The molecule has 0 amide bonds. The Labute approximate surface area is 144 Å². The monoisotopic (exact) mass is 342 g/mol. The molecule has 2 aromatic rings. The van der Waals surface area contributed by atoms with Crippen LogP contribution < -0.4 is 0 Å². The number of thioether (sulfide) groups is 1. The lowest BCUT2D eigenvalue weighted by Gasteiger charge is -2.54. The van der Waals surface area contributed by atoms with E-state index in [2.05, 4.69) is 0 Å². The molecule has 1 fully saturated rings. The molecule has 1 saturated carbocycles. The molecular formula is C19H18O4S. The van der Waals surface area contributed by atoms with Gasteiger partial charge in [-0.2, -0.15) is 0 Å². The van der Waals surface area contributed by atoms with Gasteiger partial charge in [0.15, 0.2) is 5.78 Å². The normalized spacial score (nSPS) is 34.7. The Morgan fingerprint density at radius 2 is 1.67 bits per heavy atom. The van der Waals surface area contributed by atoms with Crippen molar-refractivity contribution in [2.24, 2.45) is 0 Å². The van der Waals surface area contributed by atoms with E-state index in [1.54, 1.807) is 24.3 Å². The SMILES string of the molecule is O=C1c2ccccc2[C@@]2(O)CC[C@@H](O)[C@]1(Sc1ccccc1)[C@H]2O. The number of aliphatic hydroxyl groups excluding tert-OH is 2. The van der Waals surface area contributed by atoms with E-state index < -0.39 is 22.6 Å². The van der Waals surface area contributed by atoms with Crippen molar-refractivity contribution in [2.45, 2.75) is 40.3 Å². The first kappa shape index (κ1) is 15.8. The van der Waals surface area contributed by atoms with Crippen LogP contribution in [-0.4, -0.2) is 38.1 Å². The zero-order valence-corrected chi connectivity index (χ0v) is 13.7. The maximum atomic E-state index is 13.3. The van der Waals surface area contributed by atoms with Gasteiger partial charge >= 0.3 is 0 Å². The molecule has 2 aliphatic carbocycles. The van der Waals surface area contributed by atoms with Crippen molar-refractivity contribution >= 4 is 17.5 Å². The third kappa shape index (κ3) is 1.96. The van der Waals surface area contributed by atoms with Gasteiger partial charge in [-0.05, 0) is 30.5 Å². The Hall–Kier alpha value is -1.66. The second kappa shape index (κ2) is 5.43. The Bertz CT molecular complexity index is 793. The molecule has 5 heteroatoms. The van der Waals surface area contributed by atoms with Gasteiger partial charge in [0, 0.05) is 10.5 Å². The van der Waals surface area contributed by atoms with E-state index >= 15 is 0 Å². The zero-order valence-electron chi connectivity index (χ0n) is 12.9. The molecule has 0 spiro atoms. The van der Waals surface area contributed by atoms with Crippen molar-refractivity contribution in [1.82, 2.24) is 0 Å². The summed E-state index contributed by atoms with van der Waals surface area (Å²) in [4.78, 5) is 14.0. The van der Waals surface area contributed by atoms with Gasteiger partial charge in [-0.15, -0.1) is 11.8 Å². The average molecular weight is 342 g/mol. The van der Waals surface area contributed by atoms with E-state index in [9.17, 15) is 20.1 Å². The van der Waals surface area contributed by atoms with Gasteiger partial charge in [0.05, 0.1) is 6.10 Å². The van der Waals surface area contributed by atoms with E-state index in [4.69, 9.17) is 0 Å². The van der Waals surface area contributed by atoms with Gasteiger partial charge in [-0.25, -0.2) is 0 Å². The minimum atomic E-state index is -1.52. The number of Topliss-reactive ketones (excluding diaryl/α,β-unsaturated/α-hetero) is 1. The fourth-order valence-electron chi connectivity index (χ4n) is 3.93. The summed E-state index contributed by atoms with van der Waals surface area (Å²) >= 11 is 1.14. The Kier molecular flexibility index (Phi) is 3.58. The van der Waals surface area contributed by atoms with Crippen LogP contribution >= 0.6 is 11.8 Å². The first-order valence-corrected chi connectivity index (χ1v) is 8.78. The lowest BCUT2D eigenvalue weighted by molar-refractivity contribution is -0.146. The second-order valence-corrected chi connectivity index (χ2v) is 7.82. The van der Waals surface area contributed by atoms with Gasteiger partial charge in [0.2, 0.25) is 0 Å². The van der Waals surface area contributed by atoms with Gasteiger partial charge in [0.25, 0.3) is 0 Å². The summed E-state index contributed by atoms with van der Waals surface area (Å²) in [6, 6.07) is 16.0. The Balaban J connectivity index is 1.92. The second-order valence-electron chi connectivity index (χ2n) is 6.46. The highest BCUT2D eigenvalue weighted by Crippen LogP contribution is 2.56. The van der Waals surface area contributed by atoms with E-state index in [1.165, 1.54) is 0 Å². The highest BCUT2D eigenvalue weighted by molar-refractivity contribution is 8.01. The van der Waals surface area contributed by atoms with Crippen LogP contribution in [0, 0.1) is 0 Å². The number of carbonyl (C=O) groups is 1. The average Bonchev–Trinajstić information content (AvgIpc) is 2.62. The molecule has 0 radical (unpaired) electrons. The zero-order chi connectivity index (χ0) is 16.9. The minimum Gasteiger partial charge on any atom is -0.391 e. The summed E-state index contributed by atoms with van der Waals surface area (Å²) in [5.74, 6) is -0.323. The molecule has 124 valence electrons. The highest BCUT2D eigenvalue weighted by Gasteiger charge is 2.66. The van der Waals surface area contributed by atoms with Crippen LogP contribution in [0.15, 0.2) is 59.5 Å². The van der Waals surface area contributed by atoms with Crippen LogP contribution in [0.5, 0.6) is 0 Å². The van der Waals surface area contributed by atoms with Crippen molar-refractivity contribution in [2.75, 3.05) is 0 Å². The molecule has 0 heterocycles. The molecule has 0 aromatic heterocycles. The number of hydrogen-bond acceptors (Lipinski definition) is 5. The quantitative estimate of drug-likeness (QED) is 0.779. The van der Waals surface area contributed by atoms with Crippen LogP contribution in [0.3, 0.4) is 0 Å². The van der Waals surface area contributed by atoms with Gasteiger partial charge in [0.1, 0.15) is 16.5 Å². The van der Waals surface area contributed by atoms with Crippen molar-refractivity contribution in [3.63, 3.8) is 0 Å². The molecule has 2 aromatic carbocycles. The fraction of sp³-hybridized carbons (Fsp3) is 0.316. The highest BCUT2D eigenvalue weighted by atomic mass is 32.2. The first-order chi connectivity index (χ1) is 11.5. The molecule has 4 nitrogen and oxygen atoms in total. The van der Waals surface area contributed by atoms with Crippen molar-refractivity contribution in [3.8, 4) is 0 Å². The van der Waals surface area contributed by atoms with E-state index in [0.717, 1.165) is 16.7 Å². The van der Waals surface area contributed by atoms with Crippen molar-refractivity contribution in [1.29, 1.82) is 0 Å². The Morgan fingerprint density at radius 3 is 2.42 bits per heavy atom. The summed E-state index contributed by atoms with van der Waals surface area (Å²) in [5.41, 5.74) is -0.683. The summed E-state index contributed by atoms with van der Waals surface area (Å²) in [6.07, 6.45) is -1.93. The van der Waals surface area contributed by atoms with Crippen LogP contribution in [0.1, 0.15) is 28.8 Å². The number of fused-ring (bicyclic) bond motifs is 4. The van der Waals surface area contributed by atoms with Crippen LogP contribution in [0.2, 0.25) is 0 Å². The number of ketones is 1. The summed E-state index contributed by atoms with van der Waals surface area (Å²) in [6.45, 7) is 0. The lowest BCUT2D eigenvalue weighted by atomic mass is 9.62. The number of rotatable bonds is 2. The summed E-state index contributed by atoms with van der Waals surface area (Å²) < 4.78 is -1.50. The van der Waals surface area contributed by atoms with Gasteiger partial charge in [-0.1, -0.05) is 42.5 Å². The van der Waals surface area contributed by atoms with Gasteiger partial charge < -0.3 is 15.3 Å². The summed E-state index contributed by atoms with van der Waals surface area (Å²) in [5, 5.41) is 32.9. The standard InChI is InChI=1S/C19H18O4S/c20-15-10-11-18(23)14-9-5-4-8-13(14)16(21)19(15,17(18)22)24-12-6-2-1-3-7-12/h1-9,15,17,20,22-23H,10-11H2/t15-,17+,18+,19-/m1/s1. The number of aliphatic hydroxyl groups is 3. The molecule has 0 aliphatic heterocycles. The Morgan fingerprint density at radius 1 is 1.00 bits per heavy atom. The molecule has 0 unspecified atom stereocenters. The molecule has 2 aliphatic rings. The lowest BCUT2D eigenvalue weighted by Crippen LogP contribution is -2.69. The maximum absolute atomic E-state index is 13.3. The largest absolute Gasteiger partial charge is 0.391 e. The third-order valence-electron chi connectivity index (χ3n) is 5.18. The van der Waals surface area contributed by atoms with E-state index in [0.29, 0.717) is 11.1 Å².